The normalized spacial score (nSPS) is 14.8. The minimum Gasteiger partial charge on any atom is -0.444 e. The van der Waals surface area contributed by atoms with Crippen molar-refractivity contribution in [3.8, 4) is 5.82 Å². The Morgan fingerprint density at radius 3 is 2.49 bits per heavy atom. The third-order valence-corrected chi connectivity index (χ3v) is 8.97. The van der Waals surface area contributed by atoms with Crippen molar-refractivity contribution in [2.45, 2.75) is 72.1 Å². The molecule has 3 aromatic heterocycles. The highest BCUT2D eigenvalue weighted by Gasteiger charge is 2.39. The third-order valence-electron chi connectivity index (χ3n) is 7.78. The summed E-state index contributed by atoms with van der Waals surface area (Å²) in [5.74, 6) is 0.806. The van der Waals surface area contributed by atoms with Crippen LogP contribution in [0.3, 0.4) is 0 Å². The van der Waals surface area contributed by atoms with Crippen LogP contribution >= 0.6 is 0 Å². The molecule has 1 aromatic carbocycles. The number of fused-ring (bicyclic) bond motifs is 2. The lowest BCUT2D eigenvalue weighted by Gasteiger charge is -2.44. The number of carbonyl (C=O) groups is 1. The molecule has 5 rings (SSSR count). The summed E-state index contributed by atoms with van der Waals surface area (Å²) in [6.45, 7) is 13.8. The molecule has 0 atom stereocenters. The highest BCUT2D eigenvalue weighted by molar-refractivity contribution is 7.92. The molecule has 0 saturated carbocycles. The first kappa shape index (κ1) is 31.9. The quantitative estimate of drug-likeness (QED) is 0.318. The van der Waals surface area contributed by atoms with Gasteiger partial charge in [0.25, 0.3) is 5.56 Å². The van der Waals surface area contributed by atoms with E-state index >= 15 is 0 Å². The molecule has 1 aliphatic rings. The fraction of sp³-hybridized carbons (Fsp3) is 0.452. The number of hydrogen-bond acceptors (Lipinski definition) is 9. The molecule has 0 aliphatic carbocycles. The van der Waals surface area contributed by atoms with Crippen molar-refractivity contribution in [2.24, 2.45) is 0 Å². The van der Waals surface area contributed by atoms with Gasteiger partial charge in [0, 0.05) is 31.5 Å². The molecule has 0 spiro atoms. The maximum absolute atomic E-state index is 13.5. The average molecular weight is 637 g/mol. The molecule has 0 bridgehead atoms. The molecule has 240 valence electrons. The van der Waals surface area contributed by atoms with E-state index in [2.05, 4.69) is 15.3 Å². The Morgan fingerprint density at radius 2 is 1.84 bits per heavy atom. The zero-order chi connectivity index (χ0) is 33.1. The standard InChI is InChI=1S/C31H40N8O5S/c1-19(2)38-27(40)22-18-32-28(35-26(22)39(38)25-12-10-11-24(34-25)36(8)45(9,42)43)33-21-13-14-23-20(17-21)15-16-37(31(23,6)7)29(41)44-30(3,4)5/h10-14,17-19H,15-16H2,1-9H3,(H,32,33,35). The van der Waals surface area contributed by atoms with E-state index in [-0.39, 0.29) is 29.5 Å². The van der Waals surface area contributed by atoms with Crippen molar-refractivity contribution in [2.75, 3.05) is 29.5 Å². The first-order valence-corrected chi connectivity index (χ1v) is 16.6. The molecule has 0 saturated heterocycles. The highest BCUT2D eigenvalue weighted by Crippen LogP contribution is 2.37. The lowest BCUT2D eigenvalue weighted by atomic mass is 9.83. The van der Waals surface area contributed by atoms with Gasteiger partial charge in [0.05, 0.1) is 11.8 Å². The van der Waals surface area contributed by atoms with Crippen LogP contribution in [0.4, 0.5) is 22.2 Å². The molecule has 1 aliphatic heterocycles. The van der Waals surface area contributed by atoms with Crippen LogP contribution in [0.2, 0.25) is 0 Å². The number of nitrogens with zero attached hydrogens (tertiary/aromatic N) is 7. The zero-order valence-electron chi connectivity index (χ0n) is 27.1. The van der Waals surface area contributed by atoms with E-state index in [0.717, 1.165) is 27.4 Å². The highest BCUT2D eigenvalue weighted by atomic mass is 32.2. The lowest BCUT2D eigenvalue weighted by Crippen LogP contribution is -2.51. The van der Waals surface area contributed by atoms with Gasteiger partial charge in [-0.15, -0.1) is 0 Å². The van der Waals surface area contributed by atoms with E-state index in [1.165, 1.54) is 17.9 Å². The van der Waals surface area contributed by atoms with Crippen molar-refractivity contribution >= 4 is 44.6 Å². The van der Waals surface area contributed by atoms with Crippen molar-refractivity contribution in [3.05, 3.63) is 64.1 Å². The monoisotopic (exact) mass is 636 g/mol. The van der Waals surface area contributed by atoms with E-state index in [1.54, 1.807) is 27.8 Å². The number of rotatable bonds is 6. The molecule has 4 aromatic rings. The fourth-order valence-corrected chi connectivity index (χ4v) is 5.96. The fourth-order valence-electron chi connectivity index (χ4n) is 5.52. The Hall–Kier alpha value is -4.46. The van der Waals surface area contributed by atoms with Crippen LogP contribution in [0.15, 0.2) is 47.4 Å². The molecule has 13 nitrogen and oxygen atoms in total. The average Bonchev–Trinajstić information content (AvgIpc) is 3.22. The van der Waals surface area contributed by atoms with Gasteiger partial charge in [-0.1, -0.05) is 12.1 Å². The van der Waals surface area contributed by atoms with Gasteiger partial charge in [0.2, 0.25) is 16.0 Å². The number of carbonyl (C=O) groups excluding carboxylic acids is 1. The van der Waals surface area contributed by atoms with Crippen molar-refractivity contribution < 1.29 is 17.9 Å². The Bertz CT molecular complexity index is 1960. The Labute approximate surface area is 262 Å². The Balaban J connectivity index is 1.52. The van der Waals surface area contributed by atoms with Crippen LogP contribution in [-0.2, 0) is 26.7 Å². The second-order valence-corrected chi connectivity index (χ2v) is 15.0. The summed E-state index contributed by atoms with van der Waals surface area (Å²) in [6.07, 6.45) is 2.88. The molecular weight excluding hydrogens is 596 g/mol. The molecule has 45 heavy (non-hydrogen) atoms. The number of ether oxygens (including phenoxy) is 1. The van der Waals surface area contributed by atoms with Gasteiger partial charge in [0.15, 0.2) is 11.5 Å². The molecule has 0 fully saturated rings. The first-order valence-electron chi connectivity index (χ1n) is 14.7. The summed E-state index contributed by atoms with van der Waals surface area (Å²) in [4.78, 5) is 41.9. The number of hydrogen-bond donors (Lipinski definition) is 1. The first-order chi connectivity index (χ1) is 20.9. The van der Waals surface area contributed by atoms with Crippen LogP contribution in [0, 0.1) is 0 Å². The van der Waals surface area contributed by atoms with Crippen LogP contribution in [0.25, 0.3) is 16.9 Å². The number of amides is 1. The van der Waals surface area contributed by atoms with Gasteiger partial charge in [0.1, 0.15) is 16.8 Å². The minimum absolute atomic E-state index is 0.203. The summed E-state index contributed by atoms with van der Waals surface area (Å²) in [5.41, 5.74) is 1.73. The van der Waals surface area contributed by atoms with Gasteiger partial charge in [-0.25, -0.2) is 32.5 Å². The number of benzene rings is 1. The summed E-state index contributed by atoms with van der Waals surface area (Å²) in [6, 6.07) is 10.6. The van der Waals surface area contributed by atoms with E-state index in [9.17, 15) is 18.0 Å². The Kier molecular flexibility index (Phi) is 7.92. The topological polar surface area (TPSA) is 145 Å². The molecule has 14 heteroatoms. The molecule has 1 amide bonds. The van der Waals surface area contributed by atoms with Crippen LogP contribution in [-0.4, -0.2) is 69.2 Å². The Morgan fingerprint density at radius 1 is 1.13 bits per heavy atom. The van der Waals surface area contributed by atoms with Crippen LogP contribution in [0.1, 0.15) is 65.6 Å². The summed E-state index contributed by atoms with van der Waals surface area (Å²) in [7, 11) is -2.14. The van der Waals surface area contributed by atoms with E-state index in [0.29, 0.717) is 29.8 Å². The molecule has 4 heterocycles. The summed E-state index contributed by atoms with van der Waals surface area (Å²) in [5, 5.41) is 3.56. The lowest BCUT2D eigenvalue weighted by molar-refractivity contribution is -0.000304. The smallest absolute Gasteiger partial charge is 0.411 e. The summed E-state index contributed by atoms with van der Waals surface area (Å²) >= 11 is 0. The van der Waals surface area contributed by atoms with Gasteiger partial charge in [-0.2, -0.15) is 4.98 Å². The number of pyridine rings is 1. The third kappa shape index (κ3) is 6.10. The van der Waals surface area contributed by atoms with Gasteiger partial charge >= 0.3 is 6.09 Å². The molecular formula is C31H40N8O5S. The van der Waals surface area contributed by atoms with Gasteiger partial charge in [-0.05, 0) is 90.3 Å². The van der Waals surface area contributed by atoms with Crippen molar-refractivity contribution in [1.82, 2.24) is 29.2 Å². The number of anilines is 3. The van der Waals surface area contributed by atoms with Crippen LogP contribution < -0.4 is 15.2 Å². The predicted molar refractivity (Wildman–Crippen MR) is 174 cm³/mol. The second-order valence-electron chi connectivity index (χ2n) is 13.0. The maximum Gasteiger partial charge on any atom is 0.411 e. The predicted octanol–water partition coefficient (Wildman–Crippen LogP) is 4.73. The van der Waals surface area contributed by atoms with E-state index in [1.807, 2.05) is 66.7 Å². The maximum atomic E-state index is 13.5. The molecule has 0 radical (unpaired) electrons. The zero-order valence-corrected chi connectivity index (χ0v) is 27.9. The molecule has 0 unspecified atom stereocenters. The van der Waals surface area contributed by atoms with Crippen molar-refractivity contribution in [1.29, 1.82) is 0 Å². The van der Waals surface area contributed by atoms with Gasteiger partial charge in [-0.3, -0.25) is 14.0 Å². The number of aromatic nitrogens is 5. The SMILES string of the molecule is CC(C)n1c(=O)c2cnc(Nc3ccc4c(c3)CCN(C(=O)OC(C)(C)C)C4(C)C)nc2n1-c1cccc(N(C)S(C)(=O)=O)n1. The number of sulfonamides is 1. The second kappa shape index (κ2) is 11.2. The largest absolute Gasteiger partial charge is 0.444 e. The van der Waals surface area contributed by atoms with Crippen molar-refractivity contribution in [3.63, 3.8) is 0 Å². The minimum atomic E-state index is -3.56. The van der Waals surface area contributed by atoms with Gasteiger partial charge < -0.3 is 10.1 Å². The van der Waals surface area contributed by atoms with E-state index in [4.69, 9.17) is 9.72 Å². The van der Waals surface area contributed by atoms with Crippen LogP contribution in [0.5, 0.6) is 0 Å². The summed E-state index contributed by atoms with van der Waals surface area (Å²) < 4.78 is 34.2. The van der Waals surface area contributed by atoms with E-state index < -0.39 is 21.2 Å². The molecule has 1 N–H and O–H groups in total. The number of nitrogens with one attached hydrogen (secondary N) is 1.